The Morgan fingerprint density at radius 1 is 1.19 bits per heavy atom. The van der Waals surface area contributed by atoms with Crippen LogP contribution in [0, 0.1) is 5.92 Å². The number of benzene rings is 1. The molecule has 0 aliphatic heterocycles. The Hall–Kier alpha value is -2.87. The maximum absolute atomic E-state index is 13.5. The van der Waals surface area contributed by atoms with Gasteiger partial charge in [-0.1, -0.05) is 25.8 Å². The normalized spacial score (nSPS) is 16.4. The van der Waals surface area contributed by atoms with Gasteiger partial charge in [-0.3, -0.25) is 9.59 Å². The van der Waals surface area contributed by atoms with Crippen molar-refractivity contribution in [2.75, 3.05) is 0 Å². The minimum Gasteiger partial charge on any atom is -0.336 e. The average molecular weight is 454 g/mol. The van der Waals surface area contributed by atoms with E-state index >= 15 is 0 Å². The zero-order valence-electron chi connectivity index (χ0n) is 18.1. The summed E-state index contributed by atoms with van der Waals surface area (Å²) < 4.78 is 29.4. The molecule has 5 rings (SSSR count). The minimum atomic E-state index is -3.73. The van der Waals surface area contributed by atoms with E-state index in [1.807, 2.05) is 22.8 Å². The number of rotatable bonds is 8. The van der Waals surface area contributed by atoms with Crippen molar-refractivity contribution in [1.82, 2.24) is 14.3 Å². The maximum atomic E-state index is 13.5. The number of nitrogens with one attached hydrogen (secondary N) is 2. The van der Waals surface area contributed by atoms with E-state index in [4.69, 9.17) is 0 Å². The smallest absolute Gasteiger partial charge is 0.282 e. The lowest BCUT2D eigenvalue weighted by Gasteiger charge is -2.13. The summed E-state index contributed by atoms with van der Waals surface area (Å²) >= 11 is 0. The molecule has 8 heteroatoms. The Morgan fingerprint density at radius 2 is 1.97 bits per heavy atom. The van der Waals surface area contributed by atoms with Crippen LogP contribution in [0.5, 0.6) is 0 Å². The van der Waals surface area contributed by atoms with Gasteiger partial charge in [0.15, 0.2) is 0 Å². The fourth-order valence-electron chi connectivity index (χ4n) is 4.34. The molecule has 0 saturated heterocycles. The number of fused-ring (bicyclic) bond motifs is 1. The summed E-state index contributed by atoms with van der Waals surface area (Å²) in [6.07, 6.45) is 6.78. The molecular weight excluding hydrogens is 426 g/mol. The first-order valence-electron chi connectivity index (χ1n) is 11.3. The van der Waals surface area contributed by atoms with E-state index in [1.165, 1.54) is 12.8 Å². The molecule has 1 aromatic carbocycles. The van der Waals surface area contributed by atoms with Crippen LogP contribution in [0.4, 0.5) is 0 Å². The third kappa shape index (κ3) is 3.88. The number of aromatic amines is 1. The Balaban J connectivity index is 1.74. The Labute approximate surface area is 186 Å². The Kier molecular flexibility index (Phi) is 5.20. The minimum absolute atomic E-state index is 0.245. The van der Waals surface area contributed by atoms with Gasteiger partial charge in [0.05, 0.1) is 5.25 Å². The largest absolute Gasteiger partial charge is 0.336 e. The van der Waals surface area contributed by atoms with Gasteiger partial charge < -0.3 is 9.55 Å². The lowest BCUT2D eigenvalue weighted by atomic mass is 10.0. The van der Waals surface area contributed by atoms with Crippen LogP contribution >= 0.6 is 0 Å². The van der Waals surface area contributed by atoms with Crippen molar-refractivity contribution in [2.24, 2.45) is 5.92 Å². The Bertz CT molecular complexity index is 1360. The summed E-state index contributed by atoms with van der Waals surface area (Å²) in [4.78, 5) is 28.9. The SMILES string of the molecule is CCc1ccc2c(c1)c(-c1ccc[nH]c1=O)c(C(=O)NS(=O)(=O)C1CC1)n2CCC1CC1. The van der Waals surface area contributed by atoms with Gasteiger partial charge in [-0.15, -0.1) is 0 Å². The quantitative estimate of drug-likeness (QED) is 0.544. The van der Waals surface area contributed by atoms with Crippen molar-refractivity contribution < 1.29 is 13.2 Å². The fraction of sp³-hybridized carbons (Fsp3) is 0.417. The van der Waals surface area contributed by atoms with Crippen LogP contribution < -0.4 is 10.3 Å². The number of carbonyl (C=O) groups is 1. The highest BCUT2D eigenvalue weighted by atomic mass is 32.2. The lowest BCUT2D eigenvalue weighted by Crippen LogP contribution is -2.35. The summed E-state index contributed by atoms with van der Waals surface area (Å²) in [5.41, 5.74) is 2.73. The van der Waals surface area contributed by atoms with Gasteiger partial charge in [-0.2, -0.15) is 0 Å². The molecule has 0 unspecified atom stereocenters. The summed E-state index contributed by atoms with van der Waals surface area (Å²) in [5.74, 6) is -0.0303. The highest BCUT2D eigenvalue weighted by Crippen LogP contribution is 2.38. The number of H-pyrrole nitrogens is 1. The van der Waals surface area contributed by atoms with Gasteiger partial charge in [0.25, 0.3) is 11.5 Å². The number of aromatic nitrogens is 2. The molecule has 0 atom stereocenters. The van der Waals surface area contributed by atoms with Crippen LogP contribution in [-0.2, 0) is 23.0 Å². The number of hydrogen-bond acceptors (Lipinski definition) is 4. The first-order valence-corrected chi connectivity index (χ1v) is 12.8. The van der Waals surface area contributed by atoms with Gasteiger partial charge in [-0.25, -0.2) is 13.1 Å². The summed E-state index contributed by atoms with van der Waals surface area (Å²) in [6, 6.07) is 9.42. The molecule has 2 aromatic heterocycles. The first kappa shape index (κ1) is 21.0. The highest BCUT2D eigenvalue weighted by Gasteiger charge is 2.38. The molecular formula is C24H27N3O4S. The number of carbonyl (C=O) groups excluding carboxylic acids is 1. The van der Waals surface area contributed by atoms with Crippen molar-refractivity contribution >= 4 is 26.8 Å². The van der Waals surface area contributed by atoms with E-state index in [0.717, 1.165) is 29.3 Å². The van der Waals surface area contributed by atoms with Crippen molar-refractivity contribution in [3.8, 4) is 11.1 Å². The molecule has 0 bridgehead atoms. The molecule has 0 spiro atoms. The van der Waals surface area contributed by atoms with Gasteiger partial charge in [-0.05, 0) is 61.4 Å². The zero-order chi connectivity index (χ0) is 22.5. The number of amides is 1. The number of pyridine rings is 1. The molecule has 2 saturated carbocycles. The molecule has 2 aliphatic carbocycles. The fourth-order valence-corrected chi connectivity index (χ4v) is 5.62. The van der Waals surface area contributed by atoms with Crippen LogP contribution in [0.1, 0.15) is 55.1 Å². The molecule has 2 fully saturated rings. The van der Waals surface area contributed by atoms with Crippen LogP contribution in [0.15, 0.2) is 41.3 Å². The molecule has 7 nitrogen and oxygen atoms in total. The zero-order valence-corrected chi connectivity index (χ0v) is 18.9. The summed E-state index contributed by atoms with van der Waals surface area (Å²) in [7, 11) is -3.73. The van der Waals surface area contributed by atoms with E-state index in [9.17, 15) is 18.0 Å². The number of aryl methyl sites for hydroxylation is 2. The summed E-state index contributed by atoms with van der Waals surface area (Å²) in [6.45, 7) is 2.65. The van der Waals surface area contributed by atoms with Crippen LogP contribution in [0.3, 0.4) is 0 Å². The standard InChI is InChI=1S/C24H27N3O4S/c1-2-15-7-10-20-19(14-15)21(18-4-3-12-25-23(18)28)22(27(20)13-11-16-5-6-16)24(29)26-32(30,31)17-8-9-17/h3-4,7,10,12,14,16-17H,2,5-6,8-9,11,13H2,1H3,(H,25,28)(H,26,29). The monoisotopic (exact) mass is 453 g/mol. The molecule has 2 heterocycles. The van der Waals surface area contributed by atoms with E-state index < -0.39 is 21.2 Å². The Morgan fingerprint density at radius 3 is 2.62 bits per heavy atom. The number of nitrogens with zero attached hydrogens (tertiary/aromatic N) is 1. The van der Waals surface area contributed by atoms with Crippen molar-refractivity contribution in [1.29, 1.82) is 0 Å². The maximum Gasteiger partial charge on any atom is 0.282 e. The van der Waals surface area contributed by atoms with E-state index in [2.05, 4.69) is 16.6 Å². The number of hydrogen-bond donors (Lipinski definition) is 2. The van der Waals surface area contributed by atoms with Crippen molar-refractivity contribution in [3.05, 3.63) is 58.1 Å². The van der Waals surface area contributed by atoms with Crippen molar-refractivity contribution in [3.63, 3.8) is 0 Å². The molecule has 2 N–H and O–H groups in total. The molecule has 2 aliphatic rings. The molecule has 0 radical (unpaired) electrons. The molecule has 3 aromatic rings. The summed E-state index contributed by atoms with van der Waals surface area (Å²) in [5, 5.41) is 0.289. The van der Waals surface area contributed by atoms with Gasteiger partial charge in [0.2, 0.25) is 10.0 Å². The van der Waals surface area contributed by atoms with Crippen LogP contribution in [-0.4, -0.2) is 29.1 Å². The molecule has 168 valence electrons. The third-order valence-electron chi connectivity index (χ3n) is 6.49. The number of sulfonamides is 1. The van der Waals surface area contributed by atoms with Gasteiger partial charge >= 0.3 is 0 Å². The predicted molar refractivity (Wildman–Crippen MR) is 124 cm³/mol. The highest BCUT2D eigenvalue weighted by molar-refractivity contribution is 7.91. The second-order valence-electron chi connectivity index (χ2n) is 8.90. The topological polar surface area (TPSA) is 101 Å². The van der Waals surface area contributed by atoms with Gasteiger partial charge in [0.1, 0.15) is 5.69 Å². The van der Waals surface area contributed by atoms with E-state index in [-0.39, 0.29) is 11.3 Å². The molecule has 32 heavy (non-hydrogen) atoms. The average Bonchev–Trinajstić information content (AvgIpc) is 3.68. The van der Waals surface area contributed by atoms with E-state index in [1.54, 1.807) is 18.3 Å². The van der Waals surface area contributed by atoms with Crippen LogP contribution in [0.2, 0.25) is 0 Å². The van der Waals surface area contributed by atoms with Crippen LogP contribution in [0.25, 0.3) is 22.0 Å². The second kappa shape index (κ2) is 7.92. The second-order valence-corrected chi connectivity index (χ2v) is 10.9. The van der Waals surface area contributed by atoms with Gasteiger partial charge in [0, 0.05) is 34.8 Å². The molecule has 1 amide bonds. The third-order valence-corrected chi connectivity index (χ3v) is 8.31. The lowest BCUT2D eigenvalue weighted by molar-refractivity contribution is 0.0973. The van der Waals surface area contributed by atoms with Crippen molar-refractivity contribution in [2.45, 2.75) is 57.2 Å². The first-order chi connectivity index (χ1) is 15.4. The predicted octanol–water partition coefficient (Wildman–Crippen LogP) is 3.58. The van der Waals surface area contributed by atoms with E-state index in [0.29, 0.717) is 36.4 Å².